The Kier molecular flexibility index (Phi) is 6.17. The molecule has 5 rings (SSSR count). The molecule has 0 bridgehead atoms. The van der Waals surface area contributed by atoms with Crippen molar-refractivity contribution in [2.75, 3.05) is 6.61 Å². The van der Waals surface area contributed by atoms with Crippen LogP contribution in [-0.2, 0) is 22.6 Å². The summed E-state index contributed by atoms with van der Waals surface area (Å²) in [6, 6.07) is 7.70. The first kappa shape index (κ1) is 24.2. The second-order valence-corrected chi connectivity index (χ2v) is 9.68. The number of aliphatic hydroxyl groups excluding tert-OH is 1. The number of benzene rings is 1. The molecule has 3 aromatic rings. The lowest BCUT2D eigenvalue weighted by Crippen LogP contribution is -2.44. The summed E-state index contributed by atoms with van der Waals surface area (Å²) in [5.74, 6) is -1.10. The van der Waals surface area contributed by atoms with Crippen molar-refractivity contribution in [3.63, 3.8) is 0 Å². The Labute approximate surface area is 210 Å². The molecule has 3 atom stereocenters. The van der Waals surface area contributed by atoms with Crippen LogP contribution in [0.15, 0.2) is 42.7 Å². The summed E-state index contributed by atoms with van der Waals surface area (Å²) in [5, 5.41) is 13.0. The minimum absolute atomic E-state index is 0.0554. The van der Waals surface area contributed by atoms with Gasteiger partial charge in [0.05, 0.1) is 11.6 Å². The molecule has 1 aliphatic carbocycles. The topological polar surface area (TPSA) is 114 Å². The van der Waals surface area contributed by atoms with Gasteiger partial charge in [0.15, 0.2) is 12.0 Å². The minimum Gasteiger partial charge on any atom is -0.425 e. The number of amides is 2. The van der Waals surface area contributed by atoms with Crippen LogP contribution in [0.1, 0.15) is 35.7 Å². The zero-order valence-corrected chi connectivity index (χ0v) is 20.2. The fourth-order valence-corrected chi connectivity index (χ4v) is 5.22. The van der Waals surface area contributed by atoms with Crippen LogP contribution in [-0.4, -0.2) is 56.2 Å². The van der Waals surface area contributed by atoms with Gasteiger partial charge in [-0.3, -0.25) is 9.59 Å². The number of carbonyl (C=O) groups excluding carboxylic acids is 3. The molecule has 3 heterocycles. The molecule has 188 valence electrons. The van der Waals surface area contributed by atoms with E-state index in [0.717, 1.165) is 0 Å². The van der Waals surface area contributed by atoms with Crippen molar-refractivity contribution >= 4 is 40.4 Å². The van der Waals surface area contributed by atoms with Crippen LogP contribution in [0.2, 0.25) is 5.02 Å². The quantitative estimate of drug-likeness (QED) is 0.468. The summed E-state index contributed by atoms with van der Waals surface area (Å²) in [5.41, 5.74) is 0.644. The maximum atomic E-state index is 14.1. The third-order valence-electron chi connectivity index (χ3n) is 6.99. The monoisotopic (exact) mass is 514 g/mol. The molecule has 1 saturated heterocycles. The van der Waals surface area contributed by atoms with Gasteiger partial charge < -0.3 is 24.6 Å². The van der Waals surface area contributed by atoms with Crippen molar-refractivity contribution in [2.24, 2.45) is 5.41 Å². The zero-order valence-electron chi connectivity index (χ0n) is 19.4. The molecule has 9 nitrogen and oxygen atoms in total. The summed E-state index contributed by atoms with van der Waals surface area (Å²) < 4.78 is 21.3. The van der Waals surface area contributed by atoms with Gasteiger partial charge in [-0.05, 0) is 31.5 Å². The number of rotatable bonds is 7. The molecule has 1 saturated carbocycles. The predicted octanol–water partition coefficient (Wildman–Crippen LogP) is 3.27. The van der Waals surface area contributed by atoms with Crippen molar-refractivity contribution in [2.45, 2.75) is 45.1 Å². The molecule has 0 unspecified atom stereocenters. The van der Waals surface area contributed by atoms with E-state index < -0.39 is 23.6 Å². The van der Waals surface area contributed by atoms with Crippen molar-refractivity contribution in [3.8, 4) is 0 Å². The van der Waals surface area contributed by atoms with Crippen molar-refractivity contribution in [1.82, 2.24) is 19.8 Å². The number of likely N-dealkylation sites (tertiary alicyclic amines) is 1. The molecule has 0 spiro atoms. The number of hydrogen-bond acceptors (Lipinski definition) is 6. The number of aromatic nitrogens is 2. The van der Waals surface area contributed by atoms with Crippen LogP contribution in [0.3, 0.4) is 0 Å². The molecular formula is C25H24ClFN4O5. The van der Waals surface area contributed by atoms with Gasteiger partial charge in [0.2, 0.25) is 5.91 Å². The first-order valence-electron chi connectivity index (χ1n) is 11.5. The number of fused-ring (bicyclic) bond motifs is 2. The van der Waals surface area contributed by atoms with Crippen molar-refractivity contribution in [3.05, 3.63) is 64.7 Å². The third-order valence-corrected chi connectivity index (χ3v) is 7.29. The van der Waals surface area contributed by atoms with Gasteiger partial charge in [0, 0.05) is 53.3 Å². The normalized spacial score (nSPS) is 22.4. The van der Waals surface area contributed by atoms with Gasteiger partial charge in [-0.1, -0.05) is 23.7 Å². The Morgan fingerprint density at radius 1 is 1.28 bits per heavy atom. The average molecular weight is 515 g/mol. The average Bonchev–Trinajstić information content (AvgIpc) is 3.29. The van der Waals surface area contributed by atoms with E-state index in [0.29, 0.717) is 29.4 Å². The number of nitrogens with zero attached hydrogens (tertiary/aromatic N) is 3. The number of halogens is 2. The summed E-state index contributed by atoms with van der Waals surface area (Å²) in [6.07, 6.45) is 2.37. The van der Waals surface area contributed by atoms with Crippen LogP contribution in [0.4, 0.5) is 9.18 Å². The second kappa shape index (κ2) is 9.18. The Hall–Kier alpha value is -3.50. The third kappa shape index (κ3) is 4.20. The van der Waals surface area contributed by atoms with E-state index in [1.54, 1.807) is 35.2 Å². The highest BCUT2D eigenvalue weighted by molar-refractivity contribution is 6.30. The van der Waals surface area contributed by atoms with Gasteiger partial charge in [0.25, 0.3) is 0 Å². The highest BCUT2D eigenvalue weighted by atomic mass is 35.5. The van der Waals surface area contributed by atoms with Crippen molar-refractivity contribution < 1.29 is 28.6 Å². The van der Waals surface area contributed by atoms with Crippen LogP contribution in [0.25, 0.3) is 11.0 Å². The summed E-state index contributed by atoms with van der Waals surface area (Å²) in [6.45, 7) is 1.05. The Morgan fingerprint density at radius 3 is 2.83 bits per heavy atom. The Bertz CT molecular complexity index is 1380. The van der Waals surface area contributed by atoms with E-state index in [9.17, 15) is 23.9 Å². The number of piperidine rings is 1. The molecule has 1 aliphatic heterocycles. The number of ether oxygens (including phenoxy) is 1. The van der Waals surface area contributed by atoms with E-state index in [1.807, 2.05) is 0 Å². The maximum absolute atomic E-state index is 14.1. The number of aliphatic hydroxyl groups is 1. The van der Waals surface area contributed by atoms with Gasteiger partial charge in [0.1, 0.15) is 18.0 Å². The molecule has 2 aromatic heterocycles. The molecule has 36 heavy (non-hydrogen) atoms. The van der Waals surface area contributed by atoms with E-state index >= 15 is 0 Å². The van der Waals surface area contributed by atoms with Crippen LogP contribution in [0, 0.1) is 11.2 Å². The number of ketones is 1. The molecule has 2 N–H and O–H groups in total. The van der Waals surface area contributed by atoms with E-state index in [2.05, 4.69) is 10.3 Å². The highest BCUT2D eigenvalue weighted by Crippen LogP contribution is 2.59. The fourth-order valence-electron chi connectivity index (χ4n) is 5.02. The van der Waals surface area contributed by atoms with E-state index in [-0.39, 0.29) is 48.0 Å². The SMILES string of the molecule is CC(=O)c1cn(CC(=O)N2[C@@H](OC(=O)NCc3cccc(Cl)c3F)C[C@@]3(CO)C[C@@H]23)c2ncccc12. The number of nitrogens with one attached hydrogen (secondary N) is 1. The maximum Gasteiger partial charge on any atom is 0.409 e. The minimum atomic E-state index is -0.894. The van der Waals surface area contributed by atoms with Crippen LogP contribution in [0.5, 0.6) is 0 Å². The summed E-state index contributed by atoms with van der Waals surface area (Å²) >= 11 is 5.78. The summed E-state index contributed by atoms with van der Waals surface area (Å²) in [4.78, 5) is 43.8. The second-order valence-electron chi connectivity index (χ2n) is 9.27. The first-order valence-corrected chi connectivity index (χ1v) is 11.9. The molecule has 11 heteroatoms. The number of pyridine rings is 1. The molecule has 0 radical (unpaired) electrons. The van der Waals surface area contributed by atoms with Crippen molar-refractivity contribution in [1.29, 1.82) is 0 Å². The molecular weight excluding hydrogens is 491 g/mol. The number of carbonyl (C=O) groups is 3. The number of Topliss-reactive ketones (excluding diaryl/α,β-unsaturated/α-hetero) is 1. The lowest BCUT2D eigenvalue weighted by Gasteiger charge is -2.27. The summed E-state index contributed by atoms with van der Waals surface area (Å²) in [7, 11) is 0. The Balaban J connectivity index is 1.31. The lowest BCUT2D eigenvalue weighted by atomic mass is 10.1. The largest absolute Gasteiger partial charge is 0.425 e. The van der Waals surface area contributed by atoms with Gasteiger partial charge in [-0.25, -0.2) is 14.2 Å². The molecule has 2 fully saturated rings. The number of alkyl carbamates (subject to hydrolysis) is 1. The Morgan fingerprint density at radius 2 is 2.08 bits per heavy atom. The molecule has 1 aromatic carbocycles. The fraction of sp³-hybridized carbons (Fsp3) is 0.360. The first-order chi connectivity index (χ1) is 17.2. The highest BCUT2D eigenvalue weighted by Gasteiger charge is 2.66. The lowest BCUT2D eigenvalue weighted by molar-refractivity contribution is -0.140. The standard InChI is InChI=1S/C25H24ClFN4O5/c1-14(33)17-11-30(23-16(17)5-3-7-28-23)12-20(34)31-19-8-25(19,13-32)9-21(31)36-24(35)29-10-15-4-2-6-18(26)22(15)27/h2-7,11,19,21,32H,8-10,12-13H2,1H3,(H,29,35)/t19-,21+,25-/m1/s1. The van der Waals surface area contributed by atoms with Crippen LogP contribution >= 0.6 is 11.6 Å². The predicted molar refractivity (Wildman–Crippen MR) is 128 cm³/mol. The molecule has 2 aliphatic rings. The van der Waals surface area contributed by atoms with E-state index in [4.69, 9.17) is 16.3 Å². The zero-order chi connectivity index (χ0) is 25.6. The smallest absolute Gasteiger partial charge is 0.409 e. The number of hydrogen-bond donors (Lipinski definition) is 2. The van der Waals surface area contributed by atoms with Gasteiger partial charge in [-0.15, -0.1) is 0 Å². The van der Waals surface area contributed by atoms with Gasteiger partial charge in [-0.2, -0.15) is 0 Å². The molecule has 2 amide bonds. The van der Waals surface area contributed by atoms with Gasteiger partial charge >= 0.3 is 6.09 Å². The van der Waals surface area contributed by atoms with Crippen LogP contribution < -0.4 is 5.32 Å². The van der Waals surface area contributed by atoms with E-state index in [1.165, 1.54) is 24.0 Å².